The molecule has 5 nitrogen and oxygen atoms in total. The molecule has 0 bridgehead atoms. The Bertz CT molecular complexity index is 505. The average Bonchev–Trinajstić information content (AvgIpc) is 2.38. The standard InChI is InChI=1S/C14H19BrN2O3/c1-4-8(2)12(13(18)19)17-14(20)16-11-6-5-10(15)7-9(11)3/h5-8,12H,4H2,1-3H3,(H,18,19)(H2,16,17,20)/t8-,12-/m0/s1. The van der Waals surface area contributed by atoms with Gasteiger partial charge in [0, 0.05) is 10.2 Å². The van der Waals surface area contributed by atoms with Crippen molar-refractivity contribution in [2.24, 2.45) is 5.92 Å². The third kappa shape index (κ3) is 4.52. The first-order chi connectivity index (χ1) is 9.35. The van der Waals surface area contributed by atoms with Crippen molar-refractivity contribution in [3.63, 3.8) is 0 Å². The molecule has 0 aliphatic rings. The summed E-state index contributed by atoms with van der Waals surface area (Å²) < 4.78 is 0.920. The first kappa shape index (κ1) is 16.5. The molecule has 0 fully saturated rings. The van der Waals surface area contributed by atoms with Crippen molar-refractivity contribution in [3.8, 4) is 0 Å². The number of carbonyl (C=O) groups excluding carboxylic acids is 1. The molecule has 110 valence electrons. The molecule has 0 heterocycles. The zero-order chi connectivity index (χ0) is 15.3. The summed E-state index contributed by atoms with van der Waals surface area (Å²) in [5.41, 5.74) is 1.55. The van der Waals surface area contributed by atoms with Crippen molar-refractivity contribution >= 4 is 33.6 Å². The van der Waals surface area contributed by atoms with Gasteiger partial charge in [0.1, 0.15) is 6.04 Å². The van der Waals surface area contributed by atoms with Gasteiger partial charge in [0.05, 0.1) is 0 Å². The number of carboxylic acids is 1. The third-order valence-electron chi connectivity index (χ3n) is 3.20. The van der Waals surface area contributed by atoms with Crippen molar-refractivity contribution in [3.05, 3.63) is 28.2 Å². The van der Waals surface area contributed by atoms with E-state index >= 15 is 0 Å². The van der Waals surface area contributed by atoms with Crippen LogP contribution >= 0.6 is 15.9 Å². The molecule has 1 aromatic rings. The van der Waals surface area contributed by atoms with Crippen LogP contribution in [0.3, 0.4) is 0 Å². The van der Waals surface area contributed by atoms with E-state index in [1.54, 1.807) is 13.0 Å². The van der Waals surface area contributed by atoms with Crippen molar-refractivity contribution in [1.29, 1.82) is 0 Å². The van der Waals surface area contributed by atoms with Gasteiger partial charge < -0.3 is 15.7 Å². The highest BCUT2D eigenvalue weighted by molar-refractivity contribution is 9.10. The SMILES string of the molecule is CC[C@H](C)[C@H](NC(=O)Nc1ccc(Br)cc1C)C(=O)O. The van der Waals surface area contributed by atoms with E-state index in [0.717, 1.165) is 10.0 Å². The summed E-state index contributed by atoms with van der Waals surface area (Å²) in [6.07, 6.45) is 0.675. The van der Waals surface area contributed by atoms with Crippen molar-refractivity contribution in [2.75, 3.05) is 5.32 Å². The van der Waals surface area contributed by atoms with Crippen LogP contribution < -0.4 is 10.6 Å². The van der Waals surface area contributed by atoms with Gasteiger partial charge in [0.2, 0.25) is 0 Å². The van der Waals surface area contributed by atoms with Crippen LogP contribution in [0.4, 0.5) is 10.5 Å². The summed E-state index contributed by atoms with van der Waals surface area (Å²) in [4.78, 5) is 23.0. The number of aliphatic carboxylic acids is 1. The fourth-order valence-corrected chi connectivity index (χ4v) is 2.23. The van der Waals surface area contributed by atoms with E-state index in [9.17, 15) is 9.59 Å². The number of amides is 2. The number of benzene rings is 1. The van der Waals surface area contributed by atoms with Gasteiger partial charge in [-0.2, -0.15) is 0 Å². The van der Waals surface area contributed by atoms with Gasteiger partial charge in [-0.15, -0.1) is 0 Å². The maximum Gasteiger partial charge on any atom is 0.326 e. The van der Waals surface area contributed by atoms with Gasteiger partial charge in [-0.05, 0) is 36.6 Å². The van der Waals surface area contributed by atoms with Gasteiger partial charge in [-0.3, -0.25) is 0 Å². The Hall–Kier alpha value is -1.56. The molecule has 2 amide bonds. The van der Waals surface area contributed by atoms with Gasteiger partial charge in [0.25, 0.3) is 0 Å². The van der Waals surface area contributed by atoms with Crippen LogP contribution in [0.25, 0.3) is 0 Å². The number of halogens is 1. The largest absolute Gasteiger partial charge is 0.480 e. The molecule has 1 aromatic carbocycles. The number of rotatable bonds is 5. The summed E-state index contributed by atoms with van der Waals surface area (Å²) >= 11 is 3.34. The maximum atomic E-state index is 11.9. The van der Waals surface area contributed by atoms with E-state index in [-0.39, 0.29) is 5.92 Å². The van der Waals surface area contributed by atoms with E-state index in [1.165, 1.54) is 0 Å². The number of carbonyl (C=O) groups is 2. The second kappa shape index (κ2) is 7.28. The number of aryl methyl sites for hydroxylation is 1. The van der Waals surface area contributed by atoms with Crippen LogP contribution in [0.5, 0.6) is 0 Å². The summed E-state index contributed by atoms with van der Waals surface area (Å²) in [5, 5.41) is 14.3. The quantitative estimate of drug-likeness (QED) is 0.767. The zero-order valence-electron chi connectivity index (χ0n) is 11.7. The van der Waals surface area contributed by atoms with Gasteiger partial charge in [-0.25, -0.2) is 9.59 Å². The Morgan fingerprint density at radius 3 is 2.55 bits per heavy atom. The molecule has 1 rings (SSSR count). The Morgan fingerprint density at radius 2 is 2.05 bits per heavy atom. The second-order valence-electron chi connectivity index (χ2n) is 4.76. The smallest absolute Gasteiger partial charge is 0.326 e. The summed E-state index contributed by atoms with van der Waals surface area (Å²) in [6, 6.07) is 4.04. The highest BCUT2D eigenvalue weighted by Crippen LogP contribution is 2.20. The number of hydrogen-bond acceptors (Lipinski definition) is 2. The first-order valence-corrected chi connectivity index (χ1v) is 7.21. The molecule has 0 aliphatic heterocycles. The van der Waals surface area contributed by atoms with Crippen molar-refractivity contribution in [1.82, 2.24) is 5.32 Å². The Labute approximate surface area is 126 Å². The molecule has 2 atom stereocenters. The molecule has 20 heavy (non-hydrogen) atoms. The van der Waals surface area contributed by atoms with E-state index in [0.29, 0.717) is 12.1 Å². The van der Waals surface area contributed by atoms with Crippen LogP contribution in [-0.4, -0.2) is 23.1 Å². The highest BCUT2D eigenvalue weighted by atomic mass is 79.9. The van der Waals surface area contributed by atoms with E-state index in [4.69, 9.17) is 5.11 Å². The number of anilines is 1. The number of carboxylic acid groups (broad SMARTS) is 1. The topological polar surface area (TPSA) is 78.4 Å². The Morgan fingerprint density at radius 1 is 1.40 bits per heavy atom. The monoisotopic (exact) mass is 342 g/mol. The molecular formula is C14H19BrN2O3. The molecule has 3 N–H and O–H groups in total. The minimum atomic E-state index is -1.03. The Kier molecular flexibility index (Phi) is 6.01. The third-order valence-corrected chi connectivity index (χ3v) is 3.70. The molecule has 0 unspecified atom stereocenters. The lowest BCUT2D eigenvalue weighted by Crippen LogP contribution is -2.46. The lowest BCUT2D eigenvalue weighted by atomic mass is 9.99. The Balaban J connectivity index is 2.73. The van der Waals surface area contributed by atoms with E-state index in [1.807, 2.05) is 26.0 Å². The fourth-order valence-electron chi connectivity index (χ4n) is 1.75. The van der Waals surface area contributed by atoms with Gasteiger partial charge in [-0.1, -0.05) is 36.2 Å². The number of urea groups is 1. The fraction of sp³-hybridized carbons (Fsp3) is 0.429. The zero-order valence-corrected chi connectivity index (χ0v) is 13.3. The summed E-state index contributed by atoms with van der Waals surface area (Å²) in [5.74, 6) is -1.16. The van der Waals surface area contributed by atoms with Crippen LogP contribution in [0, 0.1) is 12.8 Å². The van der Waals surface area contributed by atoms with Crippen molar-refractivity contribution in [2.45, 2.75) is 33.2 Å². The minimum absolute atomic E-state index is 0.135. The lowest BCUT2D eigenvalue weighted by molar-refractivity contribution is -0.140. The van der Waals surface area contributed by atoms with Crippen LogP contribution in [0.2, 0.25) is 0 Å². The van der Waals surface area contributed by atoms with E-state index < -0.39 is 18.0 Å². The van der Waals surface area contributed by atoms with Crippen LogP contribution in [0.15, 0.2) is 22.7 Å². The maximum absolute atomic E-state index is 11.9. The predicted octanol–water partition coefficient (Wildman–Crippen LogP) is 3.38. The van der Waals surface area contributed by atoms with Crippen molar-refractivity contribution < 1.29 is 14.7 Å². The summed E-state index contributed by atoms with van der Waals surface area (Å²) in [6.45, 7) is 5.55. The lowest BCUT2D eigenvalue weighted by Gasteiger charge is -2.20. The molecule has 0 aromatic heterocycles. The molecular weight excluding hydrogens is 324 g/mol. The number of nitrogens with one attached hydrogen (secondary N) is 2. The molecule has 0 radical (unpaired) electrons. The van der Waals surface area contributed by atoms with Crippen LogP contribution in [-0.2, 0) is 4.79 Å². The number of hydrogen-bond donors (Lipinski definition) is 3. The molecule has 6 heteroatoms. The van der Waals surface area contributed by atoms with E-state index in [2.05, 4.69) is 26.6 Å². The molecule has 0 saturated heterocycles. The summed E-state index contributed by atoms with van der Waals surface area (Å²) in [7, 11) is 0. The molecule has 0 saturated carbocycles. The normalized spacial score (nSPS) is 13.4. The molecule has 0 spiro atoms. The highest BCUT2D eigenvalue weighted by Gasteiger charge is 2.25. The average molecular weight is 343 g/mol. The molecule has 0 aliphatic carbocycles. The van der Waals surface area contributed by atoms with Gasteiger partial charge in [0.15, 0.2) is 0 Å². The second-order valence-corrected chi connectivity index (χ2v) is 5.67. The predicted molar refractivity (Wildman–Crippen MR) is 81.9 cm³/mol. The van der Waals surface area contributed by atoms with Gasteiger partial charge >= 0.3 is 12.0 Å². The minimum Gasteiger partial charge on any atom is -0.480 e. The first-order valence-electron chi connectivity index (χ1n) is 6.41. The van der Waals surface area contributed by atoms with Crippen LogP contribution in [0.1, 0.15) is 25.8 Å².